The zero-order valence-corrected chi connectivity index (χ0v) is 16.2. The van der Waals surface area contributed by atoms with Gasteiger partial charge in [0.25, 0.3) is 5.91 Å². The van der Waals surface area contributed by atoms with Crippen LogP contribution in [0.5, 0.6) is 0 Å². The van der Waals surface area contributed by atoms with E-state index in [1.165, 1.54) is 37.8 Å². The van der Waals surface area contributed by atoms with Gasteiger partial charge in [0.15, 0.2) is 0 Å². The number of carbonyl (C=O) groups excluding carboxylic acids is 1. The first kappa shape index (κ1) is 19.2. The number of anilines is 3. The van der Waals surface area contributed by atoms with E-state index in [2.05, 4.69) is 39.6 Å². The highest BCUT2D eigenvalue weighted by Gasteiger charge is 2.12. The lowest BCUT2D eigenvalue weighted by Crippen LogP contribution is -2.29. The molecular weight excluding hydrogens is 336 g/mol. The number of pyridine rings is 1. The second-order valence-corrected chi connectivity index (χ2v) is 7.14. The van der Waals surface area contributed by atoms with Crippen LogP contribution in [0, 0.1) is 0 Å². The molecule has 0 unspecified atom stereocenters. The number of carbonyl (C=O) groups is 1. The summed E-state index contributed by atoms with van der Waals surface area (Å²) in [6, 6.07) is 9.98. The molecule has 0 saturated carbocycles. The fourth-order valence-electron chi connectivity index (χ4n) is 3.38. The van der Waals surface area contributed by atoms with Crippen molar-refractivity contribution in [3.8, 4) is 0 Å². The lowest BCUT2D eigenvalue weighted by molar-refractivity contribution is 0.102. The molecule has 0 radical (unpaired) electrons. The molecule has 1 aromatic carbocycles. The van der Waals surface area contributed by atoms with Gasteiger partial charge in [0.2, 0.25) is 0 Å². The van der Waals surface area contributed by atoms with Gasteiger partial charge in [0, 0.05) is 43.4 Å². The van der Waals surface area contributed by atoms with Gasteiger partial charge >= 0.3 is 0 Å². The fourth-order valence-corrected chi connectivity index (χ4v) is 3.38. The summed E-state index contributed by atoms with van der Waals surface area (Å²) >= 11 is 0. The second-order valence-electron chi connectivity index (χ2n) is 7.14. The zero-order chi connectivity index (χ0) is 18.9. The van der Waals surface area contributed by atoms with Crippen molar-refractivity contribution in [2.45, 2.75) is 45.4 Å². The average Bonchev–Trinajstić information content (AvgIpc) is 2.73. The van der Waals surface area contributed by atoms with Crippen molar-refractivity contribution in [1.29, 1.82) is 0 Å². The summed E-state index contributed by atoms with van der Waals surface area (Å²) in [5, 5.41) is 6.30. The van der Waals surface area contributed by atoms with Gasteiger partial charge in [-0.2, -0.15) is 0 Å². The van der Waals surface area contributed by atoms with Crippen molar-refractivity contribution >= 4 is 23.0 Å². The minimum Gasteiger partial charge on any atom is -0.384 e. The number of benzene rings is 1. The Labute approximate surface area is 162 Å². The topological polar surface area (TPSA) is 57.3 Å². The molecule has 2 aromatic rings. The molecule has 5 heteroatoms. The van der Waals surface area contributed by atoms with E-state index in [9.17, 15) is 4.79 Å². The zero-order valence-electron chi connectivity index (χ0n) is 16.2. The maximum absolute atomic E-state index is 12.5. The molecule has 1 aromatic heterocycles. The summed E-state index contributed by atoms with van der Waals surface area (Å²) in [7, 11) is 0. The Morgan fingerprint density at radius 3 is 2.56 bits per heavy atom. The Bertz CT molecular complexity index is 723. The molecule has 144 valence electrons. The van der Waals surface area contributed by atoms with E-state index >= 15 is 0 Å². The number of hydrogen-bond acceptors (Lipinski definition) is 4. The number of unbranched alkanes of at least 4 members (excludes halogenated alkanes) is 2. The smallest absolute Gasteiger partial charge is 0.257 e. The highest BCUT2D eigenvalue weighted by molar-refractivity contribution is 6.04. The predicted octanol–water partition coefficient (Wildman–Crippen LogP) is 4.93. The third-order valence-electron chi connectivity index (χ3n) is 4.96. The van der Waals surface area contributed by atoms with Gasteiger partial charge in [-0.1, -0.05) is 19.8 Å². The minimum absolute atomic E-state index is 0.134. The molecule has 0 aliphatic carbocycles. The van der Waals surface area contributed by atoms with Crippen LogP contribution in [0.25, 0.3) is 0 Å². The molecule has 1 amide bonds. The number of nitrogens with one attached hydrogen (secondary N) is 2. The standard InChI is InChI=1S/C22H30N4O/c1-2-3-5-12-24-20-15-18(16-23-17-20)22(27)25-19-8-10-21(11-9-19)26-13-6-4-7-14-26/h8-11,15-17,24H,2-7,12-14H2,1H3,(H,25,27). The normalized spacial score (nSPS) is 14.0. The maximum atomic E-state index is 12.5. The third-order valence-corrected chi connectivity index (χ3v) is 4.96. The van der Waals surface area contributed by atoms with Crippen LogP contribution in [0.3, 0.4) is 0 Å². The highest BCUT2D eigenvalue weighted by atomic mass is 16.1. The van der Waals surface area contributed by atoms with E-state index in [-0.39, 0.29) is 5.91 Å². The fraction of sp³-hybridized carbons (Fsp3) is 0.455. The van der Waals surface area contributed by atoms with Gasteiger partial charge < -0.3 is 15.5 Å². The van der Waals surface area contributed by atoms with Crippen molar-refractivity contribution in [1.82, 2.24) is 4.98 Å². The summed E-state index contributed by atoms with van der Waals surface area (Å²) < 4.78 is 0. The van der Waals surface area contributed by atoms with Gasteiger partial charge in [-0.05, 0) is 56.0 Å². The van der Waals surface area contributed by atoms with Crippen molar-refractivity contribution in [3.05, 3.63) is 48.3 Å². The van der Waals surface area contributed by atoms with Crippen LogP contribution in [0.2, 0.25) is 0 Å². The summed E-state index contributed by atoms with van der Waals surface area (Å²) in [5.41, 5.74) is 3.49. The lowest BCUT2D eigenvalue weighted by Gasteiger charge is -2.28. The van der Waals surface area contributed by atoms with Crippen LogP contribution in [-0.4, -0.2) is 30.5 Å². The van der Waals surface area contributed by atoms with Crippen LogP contribution in [0.4, 0.5) is 17.1 Å². The molecule has 1 aliphatic rings. The van der Waals surface area contributed by atoms with E-state index in [0.29, 0.717) is 5.56 Å². The molecule has 0 bridgehead atoms. The van der Waals surface area contributed by atoms with E-state index in [1.54, 1.807) is 12.4 Å². The highest BCUT2D eigenvalue weighted by Crippen LogP contribution is 2.22. The minimum atomic E-state index is -0.134. The molecule has 2 N–H and O–H groups in total. The Morgan fingerprint density at radius 2 is 1.81 bits per heavy atom. The molecular formula is C22H30N4O. The summed E-state index contributed by atoms with van der Waals surface area (Å²) in [6.45, 7) is 5.33. The number of hydrogen-bond donors (Lipinski definition) is 2. The van der Waals surface area contributed by atoms with E-state index < -0.39 is 0 Å². The summed E-state index contributed by atoms with van der Waals surface area (Å²) in [5.74, 6) is -0.134. The molecule has 1 aliphatic heterocycles. The van der Waals surface area contributed by atoms with Crippen molar-refractivity contribution in [2.24, 2.45) is 0 Å². The molecule has 5 nitrogen and oxygen atoms in total. The SMILES string of the molecule is CCCCCNc1cncc(C(=O)Nc2ccc(N3CCCCC3)cc2)c1. The largest absolute Gasteiger partial charge is 0.384 e. The van der Waals surface area contributed by atoms with Crippen LogP contribution in [0.15, 0.2) is 42.7 Å². The van der Waals surface area contributed by atoms with Crippen molar-refractivity contribution < 1.29 is 4.79 Å². The Balaban J connectivity index is 1.56. The maximum Gasteiger partial charge on any atom is 0.257 e. The number of piperidine rings is 1. The lowest BCUT2D eigenvalue weighted by atomic mass is 10.1. The first-order chi connectivity index (χ1) is 13.3. The summed E-state index contributed by atoms with van der Waals surface area (Å²) in [6.07, 6.45) is 10.7. The number of rotatable bonds is 8. The van der Waals surface area contributed by atoms with Crippen molar-refractivity contribution in [3.63, 3.8) is 0 Å². The number of aromatic nitrogens is 1. The van der Waals surface area contributed by atoms with Gasteiger partial charge in [0.05, 0.1) is 11.3 Å². The summed E-state index contributed by atoms with van der Waals surface area (Å²) in [4.78, 5) is 19.1. The van der Waals surface area contributed by atoms with E-state index in [1.807, 2.05) is 18.2 Å². The molecule has 1 saturated heterocycles. The molecule has 3 rings (SSSR count). The first-order valence-electron chi connectivity index (χ1n) is 10.1. The van der Waals surface area contributed by atoms with Gasteiger partial charge in [0.1, 0.15) is 0 Å². The Hall–Kier alpha value is -2.56. The molecule has 27 heavy (non-hydrogen) atoms. The van der Waals surface area contributed by atoms with Crippen molar-refractivity contribution in [2.75, 3.05) is 35.2 Å². The quantitative estimate of drug-likeness (QED) is 0.651. The monoisotopic (exact) mass is 366 g/mol. The van der Waals surface area contributed by atoms with Crippen LogP contribution in [0.1, 0.15) is 55.8 Å². The van der Waals surface area contributed by atoms with E-state index in [4.69, 9.17) is 0 Å². The first-order valence-corrected chi connectivity index (χ1v) is 10.1. The number of nitrogens with zero attached hydrogens (tertiary/aromatic N) is 2. The molecule has 0 atom stereocenters. The van der Waals surface area contributed by atoms with Gasteiger partial charge in [-0.15, -0.1) is 0 Å². The number of amides is 1. The Morgan fingerprint density at radius 1 is 1.04 bits per heavy atom. The molecule has 1 fully saturated rings. The average molecular weight is 367 g/mol. The Kier molecular flexibility index (Phi) is 7.08. The third kappa shape index (κ3) is 5.71. The van der Waals surface area contributed by atoms with Gasteiger partial charge in [-0.3, -0.25) is 9.78 Å². The van der Waals surface area contributed by atoms with E-state index in [0.717, 1.165) is 37.4 Å². The van der Waals surface area contributed by atoms with Crippen LogP contribution in [-0.2, 0) is 0 Å². The molecule has 0 spiro atoms. The second kappa shape index (κ2) is 9.95. The molecule has 2 heterocycles. The van der Waals surface area contributed by atoms with Gasteiger partial charge in [-0.25, -0.2) is 0 Å². The van der Waals surface area contributed by atoms with Crippen LogP contribution >= 0.6 is 0 Å². The predicted molar refractivity (Wildman–Crippen MR) is 113 cm³/mol. The van der Waals surface area contributed by atoms with Crippen LogP contribution < -0.4 is 15.5 Å².